The molecule has 0 fully saturated rings. The lowest BCUT2D eigenvalue weighted by Gasteiger charge is -2.18. The maximum absolute atomic E-state index is 12.6. The fraction of sp³-hybridized carbons (Fsp3) is 0.118. The van der Waals surface area contributed by atoms with Gasteiger partial charge in [-0.15, -0.1) is 0 Å². The third-order valence-electron chi connectivity index (χ3n) is 3.56. The highest BCUT2D eigenvalue weighted by molar-refractivity contribution is 6.39. The molecule has 0 aliphatic carbocycles. The fourth-order valence-electron chi connectivity index (χ4n) is 2.45. The molecule has 1 heterocycles. The number of rotatable bonds is 3. The summed E-state index contributed by atoms with van der Waals surface area (Å²) in [5.41, 5.74) is 2.64. The molecule has 0 saturated carbocycles. The van der Waals surface area contributed by atoms with Gasteiger partial charge in [0.2, 0.25) is 0 Å². The van der Waals surface area contributed by atoms with Crippen LogP contribution in [0.2, 0.25) is 10.0 Å². The lowest BCUT2D eigenvalue weighted by Crippen LogP contribution is -2.17. The number of fused-ring (bicyclic) bond motifs is 1. The standard InChI is InChI=1S/C17H15Cl2N3O/c1-22(2)14-8-7-10(18)9-13(14)21-17(23)16-15(19)11-5-3-4-6-12(11)20-16/h3-9,20H,1-2H3,(H,21,23). The summed E-state index contributed by atoms with van der Waals surface area (Å²) in [6, 6.07) is 12.9. The van der Waals surface area contributed by atoms with Crippen LogP contribution in [-0.4, -0.2) is 25.0 Å². The third-order valence-corrected chi connectivity index (χ3v) is 4.19. The number of carbonyl (C=O) groups is 1. The average Bonchev–Trinajstić information content (AvgIpc) is 2.85. The minimum absolute atomic E-state index is 0.309. The van der Waals surface area contributed by atoms with Gasteiger partial charge < -0.3 is 15.2 Å². The Bertz CT molecular complexity index is 887. The molecular weight excluding hydrogens is 333 g/mol. The quantitative estimate of drug-likeness (QED) is 0.715. The highest BCUT2D eigenvalue weighted by Crippen LogP contribution is 2.31. The molecule has 0 unspecified atom stereocenters. The second kappa shape index (κ2) is 6.14. The lowest BCUT2D eigenvalue weighted by atomic mass is 10.2. The predicted molar refractivity (Wildman–Crippen MR) is 97.0 cm³/mol. The van der Waals surface area contributed by atoms with Crippen molar-refractivity contribution < 1.29 is 4.79 Å². The van der Waals surface area contributed by atoms with Gasteiger partial charge in [0.25, 0.3) is 5.91 Å². The maximum Gasteiger partial charge on any atom is 0.273 e. The lowest BCUT2D eigenvalue weighted by molar-refractivity contribution is 0.102. The van der Waals surface area contributed by atoms with Gasteiger partial charge in [-0.2, -0.15) is 0 Å². The molecule has 1 aromatic heterocycles. The summed E-state index contributed by atoms with van der Waals surface area (Å²) in [5, 5.41) is 4.65. The smallest absolute Gasteiger partial charge is 0.273 e. The average molecular weight is 348 g/mol. The van der Waals surface area contributed by atoms with E-state index in [9.17, 15) is 4.79 Å². The zero-order valence-corrected chi connectivity index (χ0v) is 14.2. The van der Waals surface area contributed by atoms with E-state index >= 15 is 0 Å². The van der Waals surface area contributed by atoms with Crippen LogP contribution in [0.3, 0.4) is 0 Å². The number of aromatic amines is 1. The van der Waals surface area contributed by atoms with Gasteiger partial charge in [0.15, 0.2) is 0 Å². The summed E-state index contributed by atoms with van der Waals surface area (Å²) < 4.78 is 0. The van der Waals surface area contributed by atoms with Crippen LogP contribution in [0.4, 0.5) is 11.4 Å². The monoisotopic (exact) mass is 347 g/mol. The Morgan fingerprint density at radius 2 is 1.87 bits per heavy atom. The van der Waals surface area contributed by atoms with Gasteiger partial charge in [-0.25, -0.2) is 0 Å². The molecule has 0 spiro atoms. The van der Waals surface area contributed by atoms with Crippen LogP contribution in [0.1, 0.15) is 10.5 Å². The number of H-pyrrole nitrogens is 1. The number of nitrogens with one attached hydrogen (secondary N) is 2. The van der Waals surface area contributed by atoms with Gasteiger partial charge in [-0.05, 0) is 24.3 Å². The van der Waals surface area contributed by atoms with Crippen LogP contribution in [0, 0.1) is 0 Å². The summed E-state index contributed by atoms with van der Waals surface area (Å²) in [6.45, 7) is 0. The molecule has 0 saturated heterocycles. The van der Waals surface area contributed by atoms with Crippen LogP contribution < -0.4 is 10.2 Å². The van der Waals surface area contributed by atoms with E-state index in [1.54, 1.807) is 12.1 Å². The van der Waals surface area contributed by atoms with E-state index in [0.29, 0.717) is 21.4 Å². The maximum atomic E-state index is 12.6. The largest absolute Gasteiger partial charge is 0.376 e. The first-order valence-corrected chi connectivity index (χ1v) is 7.77. The van der Waals surface area contributed by atoms with Crippen LogP contribution in [0.25, 0.3) is 10.9 Å². The van der Waals surface area contributed by atoms with Crippen molar-refractivity contribution in [3.8, 4) is 0 Å². The number of benzene rings is 2. The van der Waals surface area contributed by atoms with Gasteiger partial charge in [-0.1, -0.05) is 41.4 Å². The van der Waals surface area contributed by atoms with E-state index < -0.39 is 0 Å². The SMILES string of the molecule is CN(C)c1ccc(Cl)cc1NC(=O)c1[nH]c2ccccc2c1Cl. The number of para-hydroxylation sites is 1. The second-order valence-corrected chi connectivity index (χ2v) is 6.18. The van der Waals surface area contributed by atoms with Crippen molar-refractivity contribution in [2.75, 3.05) is 24.3 Å². The fourth-order valence-corrected chi connectivity index (χ4v) is 2.92. The predicted octanol–water partition coefficient (Wildman–Crippen LogP) is 4.79. The Balaban J connectivity index is 1.98. The molecule has 1 amide bonds. The van der Waals surface area contributed by atoms with E-state index in [0.717, 1.165) is 16.6 Å². The Kier molecular flexibility index (Phi) is 4.20. The van der Waals surface area contributed by atoms with E-state index in [-0.39, 0.29) is 5.91 Å². The summed E-state index contributed by atoms with van der Waals surface area (Å²) >= 11 is 12.4. The third kappa shape index (κ3) is 3.00. The van der Waals surface area contributed by atoms with Crippen molar-refractivity contribution >= 4 is 51.4 Å². The van der Waals surface area contributed by atoms with Gasteiger partial charge in [-0.3, -0.25) is 4.79 Å². The van der Waals surface area contributed by atoms with Gasteiger partial charge in [0.05, 0.1) is 16.4 Å². The summed E-state index contributed by atoms with van der Waals surface area (Å²) in [6.07, 6.45) is 0. The molecule has 3 aromatic rings. The van der Waals surface area contributed by atoms with Crippen molar-refractivity contribution in [1.29, 1.82) is 0 Å². The van der Waals surface area contributed by atoms with Crippen molar-refractivity contribution in [1.82, 2.24) is 4.98 Å². The van der Waals surface area contributed by atoms with Crippen LogP contribution >= 0.6 is 23.2 Å². The Hall–Kier alpha value is -2.17. The van der Waals surface area contributed by atoms with Crippen molar-refractivity contribution in [2.45, 2.75) is 0 Å². The Morgan fingerprint density at radius 3 is 2.57 bits per heavy atom. The summed E-state index contributed by atoms with van der Waals surface area (Å²) in [7, 11) is 3.80. The molecule has 118 valence electrons. The molecule has 0 aliphatic heterocycles. The van der Waals surface area contributed by atoms with Gasteiger partial charge >= 0.3 is 0 Å². The molecule has 6 heteroatoms. The molecular formula is C17H15Cl2N3O. The minimum atomic E-state index is -0.309. The molecule has 4 nitrogen and oxygen atoms in total. The molecule has 3 rings (SSSR count). The first-order chi connectivity index (χ1) is 11.0. The number of nitrogens with zero attached hydrogens (tertiary/aromatic N) is 1. The Labute approximate surface area is 144 Å². The number of anilines is 2. The molecule has 23 heavy (non-hydrogen) atoms. The molecule has 0 atom stereocenters. The van der Waals surface area contributed by atoms with Crippen LogP contribution in [0.15, 0.2) is 42.5 Å². The molecule has 0 bridgehead atoms. The summed E-state index contributed by atoms with van der Waals surface area (Å²) in [5.74, 6) is -0.309. The van der Waals surface area contributed by atoms with Gasteiger partial charge in [0.1, 0.15) is 5.69 Å². The number of hydrogen-bond donors (Lipinski definition) is 2. The number of amides is 1. The van der Waals surface area contributed by atoms with E-state index in [1.807, 2.05) is 49.3 Å². The number of halogens is 2. The number of carbonyl (C=O) groups excluding carboxylic acids is 1. The van der Waals surface area contributed by atoms with Crippen molar-refractivity contribution in [2.24, 2.45) is 0 Å². The normalized spacial score (nSPS) is 10.8. The number of hydrogen-bond acceptors (Lipinski definition) is 2. The zero-order valence-electron chi connectivity index (χ0n) is 12.7. The molecule has 0 aliphatic rings. The van der Waals surface area contributed by atoms with E-state index in [2.05, 4.69) is 10.3 Å². The zero-order chi connectivity index (χ0) is 16.6. The van der Waals surface area contributed by atoms with E-state index in [4.69, 9.17) is 23.2 Å². The Morgan fingerprint density at radius 1 is 1.13 bits per heavy atom. The van der Waals surface area contributed by atoms with Crippen LogP contribution in [-0.2, 0) is 0 Å². The van der Waals surface area contributed by atoms with Crippen molar-refractivity contribution in [3.63, 3.8) is 0 Å². The minimum Gasteiger partial charge on any atom is -0.376 e. The van der Waals surface area contributed by atoms with Crippen LogP contribution in [0.5, 0.6) is 0 Å². The molecule has 2 N–H and O–H groups in total. The van der Waals surface area contributed by atoms with E-state index in [1.165, 1.54) is 0 Å². The second-order valence-electron chi connectivity index (χ2n) is 5.37. The highest BCUT2D eigenvalue weighted by Gasteiger charge is 2.18. The first kappa shape index (κ1) is 15.7. The molecule has 2 aromatic carbocycles. The first-order valence-electron chi connectivity index (χ1n) is 7.02. The van der Waals surface area contributed by atoms with Crippen molar-refractivity contribution in [3.05, 3.63) is 58.2 Å². The highest BCUT2D eigenvalue weighted by atomic mass is 35.5. The number of aromatic nitrogens is 1. The molecule has 0 radical (unpaired) electrons. The van der Waals surface area contributed by atoms with Gasteiger partial charge in [0, 0.05) is 30.0 Å². The summed E-state index contributed by atoms with van der Waals surface area (Å²) in [4.78, 5) is 17.6. The topological polar surface area (TPSA) is 48.1 Å².